The molecule has 0 bridgehead atoms. The first-order valence-electron chi connectivity index (χ1n) is 47.8. The van der Waals surface area contributed by atoms with E-state index in [2.05, 4.69) is 113 Å². The molecule has 7 N–H and O–H groups in total. The zero-order valence-corrected chi connectivity index (χ0v) is 90.0. The molecule has 13 aromatic rings. The number of furan rings is 2. The first-order chi connectivity index (χ1) is 69.3. The van der Waals surface area contributed by atoms with Gasteiger partial charge in [0.1, 0.15) is 43.0 Å². The van der Waals surface area contributed by atoms with Gasteiger partial charge in [-0.3, -0.25) is 41.0 Å². The van der Waals surface area contributed by atoms with Crippen LogP contribution in [0.4, 0.5) is 10.5 Å². The topological polar surface area (TPSA) is 410 Å². The summed E-state index contributed by atoms with van der Waals surface area (Å²) in [7, 11) is -1.64. The van der Waals surface area contributed by atoms with Crippen LogP contribution in [0.5, 0.6) is 0 Å². The number of nitrogens with one attached hydrogen (secondary N) is 1. The largest absolute Gasteiger partial charge is 0.445 e. The molecular formula is C105H115N19O9S10. The van der Waals surface area contributed by atoms with E-state index >= 15 is 0 Å². The van der Waals surface area contributed by atoms with Gasteiger partial charge in [-0.05, 0) is 172 Å². The fourth-order valence-electron chi connectivity index (χ4n) is 16.8. The maximum atomic E-state index is 13.0. The van der Waals surface area contributed by atoms with E-state index in [4.69, 9.17) is 45.7 Å². The minimum atomic E-state index is -1.28. The van der Waals surface area contributed by atoms with Gasteiger partial charge in [-0.25, -0.2) is 54.6 Å². The van der Waals surface area contributed by atoms with Gasteiger partial charge in [0, 0.05) is 246 Å². The number of anilines is 1. The first-order valence-corrected chi connectivity index (χ1v) is 58.8. The van der Waals surface area contributed by atoms with Gasteiger partial charge in [0.15, 0.2) is 5.09 Å². The molecule has 143 heavy (non-hydrogen) atoms. The van der Waals surface area contributed by atoms with E-state index in [0.717, 1.165) is 288 Å². The quantitative estimate of drug-likeness (QED) is 0.0286. The number of nitrogens with zero attached hydrogens (tertiary/aromatic N) is 15. The minimum absolute atomic E-state index is 0.176. The lowest BCUT2D eigenvalue weighted by molar-refractivity contribution is 0.139. The highest BCUT2D eigenvalue weighted by molar-refractivity contribution is 7.89. The van der Waals surface area contributed by atoms with E-state index in [9.17, 15) is 25.8 Å². The maximum Gasteiger partial charge on any atom is 0.407 e. The molecule has 5 unspecified atom stereocenters. The predicted octanol–water partition coefficient (Wildman–Crippen LogP) is 23.1. The number of thiazole rings is 5. The Morgan fingerprint density at radius 1 is 0.441 bits per heavy atom. The Labute approximate surface area is 865 Å². The summed E-state index contributed by atoms with van der Waals surface area (Å²) in [5.41, 5.74) is 47.4. The van der Waals surface area contributed by atoms with Crippen molar-refractivity contribution in [2.75, 3.05) is 61.7 Å². The van der Waals surface area contributed by atoms with E-state index < -0.39 is 60.1 Å². The molecule has 20 rings (SSSR count). The number of nitrogen functional groups attached to an aromatic ring is 1. The van der Waals surface area contributed by atoms with Gasteiger partial charge in [-0.2, -0.15) is 0 Å². The van der Waals surface area contributed by atoms with E-state index in [1.807, 2.05) is 147 Å². The lowest BCUT2D eigenvalue weighted by Gasteiger charge is -2.13. The van der Waals surface area contributed by atoms with Gasteiger partial charge in [0.2, 0.25) is 16.5 Å². The molecule has 28 nitrogen and oxygen atoms in total. The summed E-state index contributed by atoms with van der Waals surface area (Å²) in [6, 6.07) is 19.9. The molecule has 38 heteroatoms. The summed E-state index contributed by atoms with van der Waals surface area (Å²) in [6.45, 7) is 20.0. The summed E-state index contributed by atoms with van der Waals surface area (Å²) < 4.78 is 80.7. The van der Waals surface area contributed by atoms with Crippen LogP contribution in [0.25, 0.3) is 127 Å². The number of likely N-dealkylation sites (N-methyl/N-ethyl adjacent to an activating group) is 1. The van der Waals surface area contributed by atoms with Gasteiger partial charge in [0.05, 0.1) is 99.8 Å². The summed E-state index contributed by atoms with van der Waals surface area (Å²) in [4.78, 5) is 80.0. The van der Waals surface area contributed by atoms with Crippen LogP contribution in [0.2, 0.25) is 0 Å². The molecule has 4 aliphatic heterocycles. The van der Waals surface area contributed by atoms with Crippen LogP contribution in [0, 0.1) is 0 Å². The third-order valence-electron chi connectivity index (χ3n) is 24.3. The van der Waals surface area contributed by atoms with E-state index in [1.165, 1.54) is 39.6 Å². The molecule has 744 valence electrons. The van der Waals surface area contributed by atoms with Crippen molar-refractivity contribution in [1.29, 1.82) is 0 Å². The molecule has 0 saturated heterocycles. The van der Waals surface area contributed by atoms with Crippen LogP contribution < -0.4 is 22.5 Å². The summed E-state index contributed by atoms with van der Waals surface area (Å²) in [5.74, 6) is 3.12. The van der Waals surface area contributed by atoms with E-state index in [0.29, 0.717) is 92.9 Å². The molecule has 5 atom stereocenters. The van der Waals surface area contributed by atoms with Crippen molar-refractivity contribution in [3.05, 3.63) is 220 Å². The number of alkyl carbamates (subject to hydrolysis) is 1. The number of fused-ring (bicyclic) bond motifs is 5. The van der Waals surface area contributed by atoms with Crippen molar-refractivity contribution in [1.82, 2.24) is 60.1 Å². The van der Waals surface area contributed by atoms with Crippen molar-refractivity contribution in [2.24, 2.45) is 31.4 Å². The number of rotatable bonds is 35. The number of carbonyl (C=O) groups is 1. The Balaban J connectivity index is 0.000000129. The van der Waals surface area contributed by atoms with Crippen LogP contribution in [-0.2, 0) is 84.6 Å². The molecule has 7 aliphatic rings. The van der Waals surface area contributed by atoms with Crippen LogP contribution in [0.15, 0.2) is 197 Å². The second kappa shape index (κ2) is 48.9. The number of pyridine rings is 5. The number of aliphatic imine (C=N–C) groups is 4. The highest BCUT2D eigenvalue weighted by Crippen LogP contribution is 2.47. The second-order valence-electron chi connectivity index (χ2n) is 35.3. The van der Waals surface area contributed by atoms with Crippen LogP contribution in [0.3, 0.4) is 0 Å². The Kier molecular flexibility index (Phi) is 35.7. The third kappa shape index (κ3) is 25.2. The van der Waals surface area contributed by atoms with Gasteiger partial charge in [0.25, 0.3) is 0 Å². The molecule has 16 heterocycles. The molecule has 0 spiro atoms. The van der Waals surface area contributed by atoms with E-state index in [-0.39, 0.29) is 6.61 Å². The lowest BCUT2D eigenvalue weighted by Crippen LogP contribution is -2.31. The minimum Gasteiger partial charge on any atom is -0.445 e. The number of carbonyl (C=O) groups excluding carboxylic acids is 1. The van der Waals surface area contributed by atoms with Gasteiger partial charge >= 0.3 is 6.09 Å². The predicted molar refractivity (Wildman–Crippen MR) is 593 cm³/mol. The smallest absolute Gasteiger partial charge is 0.407 e. The van der Waals surface area contributed by atoms with Crippen molar-refractivity contribution in [3.8, 4) is 64.6 Å². The molecule has 0 fully saturated rings. The highest BCUT2D eigenvalue weighted by Gasteiger charge is 2.35. The molecule has 1 amide bonds. The summed E-state index contributed by atoms with van der Waals surface area (Å²) in [5, 5.41) is 19.1. The number of hydrogen-bond acceptors (Lipinski definition) is 32. The van der Waals surface area contributed by atoms with Crippen LogP contribution in [-0.4, -0.2) is 161 Å². The maximum absolute atomic E-state index is 13.0. The van der Waals surface area contributed by atoms with Crippen LogP contribution in [0.1, 0.15) is 214 Å². The number of aromatic nitrogens is 10. The zero-order valence-electron chi connectivity index (χ0n) is 81.8. The van der Waals surface area contributed by atoms with Crippen molar-refractivity contribution in [3.63, 3.8) is 0 Å². The number of amides is 1. The number of benzene rings is 1. The normalized spacial score (nSPS) is 15.5. The highest BCUT2D eigenvalue weighted by atomic mass is 32.2. The van der Waals surface area contributed by atoms with Crippen molar-refractivity contribution < 1.29 is 39.4 Å². The Morgan fingerprint density at radius 2 is 0.839 bits per heavy atom. The molecular weight excluding hydrogens is 1990 g/mol. The van der Waals surface area contributed by atoms with Crippen molar-refractivity contribution in [2.45, 2.75) is 188 Å². The van der Waals surface area contributed by atoms with Gasteiger partial charge < -0.3 is 41.0 Å². The lowest BCUT2D eigenvalue weighted by atomic mass is 9.96. The van der Waals surface area contributed by atoms with Crippen molar-refractivity contribution >= 4 is 207 Å². The number of unbranched alkanes of at least 4 members (excludes halogenated alkanes) is 5. The summed E-state index contributed by atoms with van der Waals surface area (Å²) >= 11 is 7.73. The van der Waals surface area contributed by atoms with Crippen LogP contribution >= 0.6 is 56.7 Å². The van der Waals surface area contributed by atoms with E-state index in [1.54, 1.807) is 53.7 Å². The van der Waals surface area contributed by atoms with Gasteiger partial charge in [-0.1, -0.05) is 91.0 Å². The molecule has 3 aliphatic carbocycles. The number of hydrogen-bond donors (Lipinski definition) is 4. The third-order valence-corrected chi connectivity index (χ3v) is 35.6. The second-order valence-corrected chi connectivity index (χ2v) is 47.6. The average Bonchev–Trinajstić information content (AvgIpc) is 1.71. The van der Waals surface area contributed by atoms with Gasteiger partial charge in [-0.15, -0.1) is 56.7 Å². The number of ether oxygens (including phenoxy) is 1. The standard InChI is InChI=1S/C27H33N5O3S2.C20H22N4OS2.C20H21N3OS2.C19H20N4O2S2.C19H19N3O2S2/c1-4-5-14-37(34)23-16-21-24(25(23)28)20(15-22(31-21)26-29-11-13-36-26)19-8-6-18(7-9-19)17-35-27(33)30-10-12-32(2)3;1-3-4-7-27(25)17-10-15-18(19(17)21)14(13-8-12(2)23-11-13)9-16(24-15)20-22-5-6-26-20;1-3-4-7-26(24)15-9-17-16(14-8-13(2)22-12-14)11-19(23-18(17)10-15)20-21-5-6-25-20;1-3-4-7-27(24)19-16(20)15-13(12-8-11(2)22-10-12)9-14(23-17(15)25-19)18-21-5-6-26-18;1-3-4-7-26(23)17-10-15-14(13-8-12(2)21-11-13)9-16(22-18(15)24-17)19-20-5-6-25-19/h6-9,11,13,15H,4-5,10,12,14,16-17,28H2,1-3H3,(H,30,33);5-6,9,11H,3-4,7-8,10,21H2,1-2H3;5-6,9,11-12H,3-4,7-8,10H2,1-2H3;5-6,9-10H,3-4,7-8,20H2,1-2H3;5-6,9-11H,3-4,7-8H2,1-2H3. The monoisotopic (exact) mass is 2110 g/mol. The fraction of sp³-hybridized carbons (Fsp3) is 0.343. The Bertz CT molecular complexity index is 7370. The number of nitrogens with two attached hydrogens (primary N) is 3. The summed E-state index contributed by atoms with van der Waals surface area (Å²) in [6.07, 6.45) is 32.7. The average molecular weight is 2110 g/mol. The number of allylic oxidation sites excluding steroid dienone is 7. The Morgan fingerprint density at radius 3 is 1.29 bits per heavy atom. The zero-order chi connectivity index (χ0) is 100. The Hall–Kier alpha value is -11.6. The fourth-order valence-corrected chi connectivity index (χ4v) is 26.4. The molecule has 12 aromatic heterocycles. The molecule has 0 saturated carbocycles. The molecule has 0 radical (unpaired) electrons. The molecule has 1 aromatic carbocycles. The SMILES string of the molecule is CCCCS(=O)C1=C(N)c2c(-c3ccc(COC(=O)NCCN(C)C)cc3)cc(-c3nccs3)nc2C1.CCCCS(=O)C1=C(N)c2c(C3=CN=C(C)C3)cc(-c3nccs3)nc2C1.CCCCS(=O)C1=Cc2c(C3=CN=C(C)C3)cc(-c3nccs3)nc2C1.CCCCS(=O)c1cc2c(C3=CN=C(C)C3)cc(-c3nccs3)nc2o1.CCCCS(=O)c1oc2nc(-c3nccs3)cc(C3=CN=C(C)C3)c2c1N. The first kappa shape index (κ1) is 104.